The van der Waals surface area contributed by atoms with Crippen LogP contribution < -0.4 is 11.5 Å². The van der Waals surface area contributed by atoms with E-state index in [-0.39, 0.29) is 28.5 Å². The normalized spacial score (nSPS) is 32.2. The summed E-state index contributed by atoms with van der Waals surface area (Å²) in [5.41, 5.74) is 11.5. The van der Waals surface area contributed by atoms with E-state index in [0.29, 0.717) is 5.01 Å². The van der Waals surface area contributed by atoms with Crippen LogP contribution in [0.5, 0.6) is 0 Å². The Morgan fingerprint density at radius 3 is 2.40 bits per heavy atom. The Kier molecular flexibility index (Phi) is 9.37. The molecule has 24 heteroatoms. The van der Waals surface area contributed by atoms with Gasteiger partial charge in [-0.15, -0.1) is 11.3 Å². The molecule has 3 fully saturated rings. The molecule has 6 rings (SSSR count). The van der Waals surface area contributed by atoms with Crippen LogP contribution in [0.4, 0.5) is 5.82 Å². The van der Waals surface area contributed by atoms with Crippen LogP contribution in [0.1, 0.15) is 47.5 Å². The second-order valence-electron chi connectivity index (χ2n) is 11.2. The third kappa shape index (κ3) is 6.96. The van der Waals surface area contributed by atoms with E-state index in [1.165, 1.54) is 22.4 Å². The summed E-state index contributed by atoms with van der Waals surface area (Å²) in [5, 5.41) is 23.0. The van der Waals surface area contributed by atoms with E-state index in [4.69, 9.17) is 39.5 Å². The number of aliphatic hydroxyl groups is 2. The van der Waals surface area contributed by atoms with E-state index in [2.05, 4.69) is 30.8 Å². The quantitative estimate of drug-likeness (QED) is 0.135. The molecule has 8 N–H and O–H groups in total. The molecule has 10 atom stereocenters. The number of nitrogen functional groups attached to an aromatic ring is 1. The van der Waals surface area contributed by atoms with Gasteiger partial charge in [-0.05, 0) is 19.9 Å². The number of nitrogens with zero attached hydrogens (tertiary/aromatic N) is 5. The van der Waals surface area contributed by atoms with Gasteiger partial charge < -0.3 is 50.4 Å². The number of carbonyl (C=O) groups excluding carboxylic acids is 1. The highest BCUT2D eigenvalue weighted by atomic mass is 32.1. The molecular weight excluding hydrogens is 704 g/mol. The minimum atomic E-state index is -5.35. The minimum absolute atomic E-state index is 0.0117. The largest absolute Gasteiger partial charge is 0.481 e. The second kappa shape index (κ2) is 12.8. The fourth-order valence-electron chi connectivity index (χ4n) is 5.39. The molecule has 48 heavy (non-hydrogen) atoms. The molecule has 0 spiro atoms. The maximum atomic E-state index is 12.7. The number of fused-ring (bicyclic) bond motifs is 2. The smallest absolute Gasteiger partial charge is 0.387 e. The number of anilines is 1. The Morgan fingerprint density at radius 2 is 1.75 bits per heavy atom. The molecular formula is C24H31N7O14P2S. The van der Waals surface area contributed by atoms with Crippen LogP contribution in [0.15, 0.2) is 18.3 Å². The van der Waals surface area contributed by atoms with E-state index < -0.39 is 89.5 Å². The number of ether oxygens (including phenoxy) is 4. The van der Waals surface area contributed by atoms with Gasteiger partial charge in [-0.2, -0.15) is 4.31 Å². The zero-order valence-electron chi connectivity index (χ0n) is 25.0. The second-order valence-corrected chi connectivity index (χ2v) is 15.2. The lowest BCUT2D eigenvalue weighted by Gasteiger charge is -2.24. The third-order valence-electron chi connectivity index (χ3n) is 7.44. The molecule has 1 amide bonds. The van der Waals surface area contributed by atoms with Crippen LogP contribution in [-0.2, 0) is 41.4 Å². The Hall–Kier alpha value is -2.79. The van der Waals surface area contributed by atoms with Crippen molar-refractivity contribution < 1.29 is 66.2 Å². The van der Waals surface area contributed by atoms with Crippen molar-refractivity contribution in [1.82, 2.24) is 24.5 Å². The van der Waals surface area contributed by atoms with Gasteiger partial charge in [-0.3, -0.25) is 18.4 Å². The molecule has 0 bridgehead atoms. The van der Waals surface area contributed by atoms with E-state index in [9.17, 15) is 33.9 Å². The van der Waals surface area contributed by atoms with E-state index >= 15 is 0 Å². The van der Waals surface area contributed by atoms with Gasteiger partial charge in [0.15, 0.2) is 29.3 Å². The van der Waals surface area contributed by atoms with E-state index in [1.807, 2.05) is 0 Å². The lowest BCUT2D eigenvalue weighted by molar-refractivity contribution is -0.190. The third-order valence-corrected chi connectivity index (χ3v) is 10.9. The van der Waals surface area contributed by atoms with Crippen LogP contribution in [0.25, 0.3) is 17.2 Å². The first-order chi connectivity index (χ1) is 22.5. The Labute approximate surface area is 274 Å². The summed E-state index contributed by atoms with van der Waals surface area (Å²) < 4.78 is 64.2. The predicted molar refractivity (Wildman–Crippen MR) is 160 cm³/mol. The van der Waals surface area contributed by atoms with Gasteiger partial charge >= 0.3 is 15.6 Å². The van der Waals surface area contributed by atoms with Crippen molar-refractivity contribution in [3.8, 4) is 0 Å². The maximum Gasteiger partial charge on any atom is 0.481 e. The van der Waals surface area contributed by atoms with Crippen LogP contribution in [0, 0.1) is 0 Å². The number of rotatable bonds is 12. The Bertz CT molecular complexity index is 1820. The minimum Gasteiger partial charge on any atom is -0.387 e. The van der Waals surface area contributed by atoms with Gasteiger partial charge in [0.05, 0.1) is 19.5 Å². The summed E-state index contributed by atoms with van der Waals surface area (Å²) in [6.45, 7) is 5.33. The lowest BCUT2D eigenvalue weighted by atomic mass is 10.1. The average molecular weight is 736 g/mol. The summed E-state index contributed by atoms with van der Waals surface area (Å²) >= 11 is 1.08. The molecule has 0 aliphatic carbocycles. The lowest BCUT2D eigenvalue weighted by Crippen LogP contribution is -2.33. The number of phosphoric acid groups is 2. The average Bonchev–Trinajstić information content (AvgIpc) is 3.81. The summed E-state index contributed by atoms with van der Waals surface area (Å²) in [4.78, 5) is 48.5. The number of carbonyl (C=O) groups is 1. The number of amides is 1. The van der Waals surface area contributed by atoms with E-state index in [1.54, 1.807) is 13.8 Å². The summed E-state index contributed by atoms with van der Waals surface area (Å²) in [7, 11) is -10.7. The van der Waals surface area contributed by atoms with Gasteiger partial charge in [-0.25, -0.2) is 29.1 Å². The number of nitrogens with two attached hydrogens (primary N) is 2. The van der Waals surface area contributed by atoms with Gasteiger partial charge in [0, 0.05) is 5.38 Å². The molecule has 3 aliphatic heterocycles. The molecule has 3 aromatic heterocycles. The van der Waals surface area contributed by atoms with Gasteiger partial charge in [0.25, 0.3) is 5.91 Å². The topological polar surface area (TPSA) is 305 Å². The molecule has 3 aromatic rings. The van der Waals surface area contributed by atoms with Crippen molar-refractivity contribution in [1.29, 1.82) is 0 Å². The highest BCUT2D eigenvalue weighted by Gasteiger charge is 2.57. The molecule has 21 nitrogen and oxygen atoms in total. The first kappa shape index (κ1) is 35.1. The Balaban J connectivity index is 1.07. The first-order valence-electron chi connectivity index (χ1n) is 14.0. The van der Waals surface area contributed by atoms with E-state index in [0.717, 1.165) is 11.3 Å². The van der Waals surface area contributed by atoms with Gasteiger partial charge in [0.1, 0.15) is 58.9 Å². The SMILES string of the molecule is C=Cc1nc(N)c2ncn([C@@H]3O[C@H](COP(=O)(O)OP(=O)(O)OC[C@H]4O[C@@H](c5nc(C(N)=O)cs5)[C@@H]5OC(C)(C)O[C@@H]54)[C@@H](O)[C@H]3O)c2n1. The number of primary amides is 1. The number of aromatic nitrogens is 5. The summed E-state index contributed by atoms with van der Waals surface area (Å²) in [6, 6.07) is 0. The molecule has 262 valence electrons. The van der Waals surface area contributed by atoms with Crippen molar-refractivity contribution >= 4 is 55.9 Å². The number of aliphatic hydroxyl groups excluding tert-OH is 2. The molecule has 3 saturated heterocycles. The molecule has 3 aliphatic rings. The van der Waals surface area contributed by atoms with Crippen LogP contribution in [0.2, 0.25) is 0 Å². The van der Waals surface area contributed by atoms with Crippen molar-refractivity contribution in [3.05, 3.63) is 34.8 Å². The highest BCUT2D eigenvalue weighted by molar-refractivity contribution is 7.61. The molecule has 6 heterocycles. The standard InChI is InChI=1S/C24H31N7O14P2S/c1-4-12-29-19(25)13-21(30-12)31(8-27-13)23-15(33)14(32)10(42-23)5-39-46(35,36)45-47(37,38)40-6-11-16-17(44-24(2,3)43-16)18(41-11)22-28-9(7-48-22)20(26)34/h4,7-8,10-11,14-18,23,32-33H,1,5-6H2,2-3H3,(H2,26,34)(H,35,36)(H,37,38)(H2,25,29,30)/t10-,11-,14-,15-,16-,17-,18-,23-/m1/s1. The van der Waals surface area contributed by atoms with Crippen molar-refractivity contribution in [3.63, 3.8) is 0 Å². The monoisotopic (exact) mass is 735 g/mol. The number of hydrogen-bond acceptors (Lipinski definition) is 18. The fourth-order valence-corrected chi connectivity index (χ4v) is 8.36. The first-order valence-corrected chi connectivity index (χ1v) is 17.9. The Morgan fingerprint density at radius 1 is 1.08 bits per heavy atom. The highest BCUT2D eigenvalue weighted by Crippen LogP contribution is 2.61. The summed E-state index contributed by atoms with van der Waals surface area (Å²) in [6.07, 6.45) is -6.88. The van der Waals surface area contributed by atoms with Crippen LogP contribution in [-0.4, -0.2) is 106 Å². The van der Waals surface area contributed by atoms with Crippen LogP contribution in [0.3, 0.4) is 0 Å². The zero-order valence-corrected chi connectivity index (χ0v) is 27.6. The fraction of sp³-hybridized carbons (Fsp3) is 0.542. The van der Waals surface area contributed by atoms with Crippen molar-refractivity contribution in [2.75, 3.05) is 18.9 Å². The van der Waals surface area contributed by atoms with Crippen molar-refractivity contribution in [2.45, 2.75) is 68.6 Å². The van der Waals surface area contributed by atoms with Crippen molar-refractivity contribution in [2.24, 2.45) is 5.73 Å². The molecule has 0 saturated carbocycles. The molecule has 2 unspecified atom stereocenters. The zero-order chi connectivity index (χ0) is 34.8. The maximum absolute atomic E-state index is 12.7. The van der Waals surface area contributed by atoms with Crippen LogP contribution >= 0.6 is 27.0 Å². The number of phosphoric ester groups is 2. The molecule has 0 aromatic carbocycles. The van der Waals surface area contributed by atoms with Gasteiger partial charge in [0.2, 0.25) is 0 Å². The van der Waals surface area contributed by atoms with Gasteiger partial charge in [-0.1, -0.05) is 6.58 Å². The summed E-state index contributed by atoms with van der Waals surface area (Å²) in [5.74, 6) is -1.63. The number of hydrogen-bond donors (Lipinski definition) is 6. The number of thiazole rings is 1. The molecule has 0 radical (unpaired) electrons. The number of imidazole rings is 1. The predicted octanol–water partition coefficient (Wildman–Crippen LogP) is 0.137.